The zero-order valence-corrected chi connectivity index (χ0v) is 19.7. The van der Waals surface area contributed by atoms with E-state index in [1.807, 2.05) is 0 Å². The highest BCUT2D eigenvalue weighted by Crippen LogP contribution is 2.05. The number of amides is 4. The molecule has 4 unspecified atom stereocenters. The number of aromatic nitrogens is 2. The Hall–Kier alpha value is -2.78. The van der Waals surface area contributed by atoms with Gasteiger partial charge in [0.1, 0.15) is 18.1 Å². The van der Waals surface area contributed by atoms with Crippen molar-refractivity contribution in [3.05, 3.63) is 18.2 Å². The molecule has 15 heteroatoms. The Labute approximate surface area is 200 Å². The normalized spacial score (nSPS) is 14.4. The lowest BCUT2D eigenvalue weighted by atomic mass is 10.1. The van der Waals surface area contributed by atoms with Crippen molar-refractivity contribution in [3.8, 4) is 0 Å². The van der Waals surface area contributed by atoms with Crippen molar-refractivity contribution in [1.82, 2.24) is 25.9 Å². The second kappa shape index (κ2) is 14.4. The van der Waals surface area contributed by atoms with Crippen molar-refractivity contribution in [2.75, 3.05) is 17.8 Å². The van der Waals surface area contributed by atoms with E-state index in [0.717, 1.165) is 0 Å². The summed E-state index contributed by atoms with van der Waals surface area (Å²) >= 11 is 5.32. The number of nitrogens with one attached hydrogen (secondary N) is 4. The summed E-state index contributed by atoms with van der Waals surface area (Å²) < 4.78 is 0. The number of carbonyl (C=O) groups excluding carboxylic acids is 4. The standard InChI is InChI=1S/C18H29N7O6S2/c1-33-3-2-11(16(28)25-13(18(30)31)4-9-6-21-8-22-9)23-17(29)12(5-14(20)26)24-15(27)10(19)7-32/h6,8,10-13,32H,2-5,7,19H2,1H3,(H2,20,26)(H,21,22)(H,23,29)(H,24,27)(H,25,28)(H,30,31). The minimum atomic E-state index is -1.37. The summed E-state index contributed by atoms with van der Waals surface area (Å²) in [7, 11) is 0. The molecule has 33 heavy (non-hydrogen) atoms. The number of primary amides is 1. The predicted octanol–water partition coefficient (Wildman–Crippen LogP) is -2.62. The minimum absolute atomic E-state index is 0.00239. The molecule has 0 aliphatic heterocycles. The van der Waals surface area contributed by atoms with Crippen LogP contribution in [0.5, 0.6) is 0 Å². The van der Waals surface area contributed by atoms with Gasteiger partial charge < -0.3 is 37.5 Å². The first-order valence-electron chi connectivity index (χ1n) is 9.83. The molecule has 0 saturated heterocycles. The number of nitrogens with zero attached hydrogens (tertiary/aromatic N) is 1. The van der Waals surface area contributed by atoms with Crippen LogP contribution in [-0.4, -0.2) is 86.6 Å². The van der Waals surface area contributed by atoms with Crippen molar-refractivity contribution in [2.24, 2.45) is 11.5 Å². The van der Waals surface area contributed by atoms with Crippen LogP contribution in [0.4, 0.5) is 0 Å². The van der Waals surface area contributed by atoms with Crippen LogP contribution in [0.2, 0.25) is 0 Å². The fourth-order valence-corrected chi connectivity index (χ4v) is 3.27. The molecule has 0 aliphatic carbocycles. The topological polar surface area (TPSA) is 222 Å². The lowest BCUT2D eigenvalue weighted by Gasteiger charge is -2.24. The Morgan fingerprint density at radius 1 is 1.12 bits per heavy atom. The molecule has 1 aromatic rings. The van der Waals surface area contributed by atoms with E-state index < -0.39 is 60.2 Å². The molecular formula is C18H29N7O6S2. The predicted molar refractivity (Wildman–Crippen MR) is 124 cm³/mol. The second-order valence-corrected chi connectivity index (χ2v) is 8.39. The summed E-state index contributed by atoms with van der Waals surface area (Å²) in [6, 6.07) is -4.79. The third kappa shape index (κ3) is 10.1. The molecule has 184 valence electrons. The average molecular weight is 504 g/mol. The number of carboxylic acids is 1. The number of aliphatic carboxylic acids is 1. The van der Waals surface area contributed by atoms with Crippen LogP contribution < -0.4 is 27.4 Å². The first-order chi connectivity index (χ1) is 15.6. The van der Waals surface area contributed by atoms with E-state index in [1.165, 1.54) is 24.3 Å². The molecule has 0 saturated carbocycles. The minimum Gasteiger partial charge on any atom is -0.480 e. The number of rotatable bonds is 15. The molecule has 0 bridgehead atoms. The molecular weight excluding hydrogens is 474 g/mol. The van der Waals surface area contributed by atoms with Gasteiger partial charge in [-0.25, -0.2) is 9.78 Å². The largest absolute Gasteiger partial charge is 0.480 e. The molecule has 0 aromatic carbocycles. The van der Waals surface area contributed by atoms with E-state index in [1.54, 1.807) is 6.26 Å². The second-order valence-electron chi connectivity index (χ2n) is 7.04. The summed E-state index contributed by atoms with van der Waals surface area (Å²) in [5.41, 5.74) is 11.3. The lowest BCUT2D eigenvalue weighted by molar-refractivity contribution is -0.142. The van der Waals surface area contributed by atoms with Crippen molar-refractivity contribution >= 4 is 54.0 Å². The summed E-state index contributed by atoms with van der Waals surface area (Å²) in [6.45, 7) is 0. The molecule has 0 spiro atoms. The number of thiol groups is 1. The lowest BCUT2D eigenvalue weighted by Crippen LogP contribution is -2.58. The molecule has 4 amide bonds. The van der Waals surface area contributed by atoms with Crippen molar-refractivity contribution in [3.63, 3.8) is 0 Å². The molecule has 9 N–H and O–H groups in total. The molecule has 4 atom stereocenters. The van der Waals surface area contributed by atoms with Crippen LogP contribution in [-0.2, 0) is 30.4 Å². The smallest absolute Gasteiger partial charge is 0.326 e. The van der Waals surface area contributed by atoms with Gasteiger partial charge in [-0.2, -0.15) is 24.4 Å². The van der Waals surface area contributed by atoms with Gasteiger partial charge >= 0.3 is 5.97 Å². The number of carboxylic acid groups (broad SMARTS) is 1. The van der Waals surface area contributed by atoms with Crippen LogP contribution in [0.1, 0.15) is 18.5 Å². The van der Waals surface area contributed by atoms with E-state index in [2.05, 4.69) is 38.5 Å². The molecule has 0 fully saturated rings. The van der Waals surface area contributed by atoms with Crippen LogP contribution in [0.15, 0.2) is 12.5 Å². The van der Waals surface area contributed by atoms with Gasteiger partial charge in [0.2, 0.25) is 23.6 Å². The zero-order chi connectivity index (χ0) is 25.0. The maximum Gasteiger partial charge on any atom is 0.326 e. The maximum atomic E-state index is 12.8. The quantitative estimate of drug-likeness (QED) is 0.117. The molecule has 1 rings (SSSR count). The van der Waals surface area contributed by atoms with Gasteiger partial charge in [0.25, 0.3) is 0 Å². The number of hydrogen-bond acceptors (Lipinski definition) is 9. The highest BCUT2D eigenvalue weighted by molar-refractivity contribution is 7.98. The first kappa shape index (κ1) is 28.3. The van der Waals surface area contributed by atoms with Crippen LogP contribution in [0.3, 0.4) is 0 Å². The van der Waals surface area contributed by atoms with Gasteiger partial charge in [-0.1, -0.05) is 0 Å². The zero-order valence-electron chi connectivity index (χ0n) is 17.9. The fourth-order valence-electron chi connectivity index (χ4n) is 2.64. The number of aromatic amines is 1. The van der Waals surface area contributed by atoms with E-state index in [0.29, 0.717) is 11.4 Å². The summed E-state index contributed by atoms with van der Waals surface area (Å²) in [5.74, 6) is -3.95. The number of hydrogen-bond donors (Lipinski definition) is 8. The molecule has 13 nitrogen and oxygen atoms in total. The van der Waals surface area contributed by atoms with Crippen LogP contribution >= 0.6 is 24.4 Å². The average Bonchev–Trinajstić information content (AvgIpc) is 3.27. The molecule has 1 heterocycles. The van der Waals surface area contributed by atoms with Crippen molar-refractivity contribution in [1.29, 1.82) is 0 Å². The van der Waals surface area contributed by atoms with Gasteiger partial charge in [0.05, 0.1) is 18.8 Å². The van der Waals surface area contributed by atoms with Crippen LogP contribution in [0.25, 0.3) is 0 Å². The fraction of sp³-hybridized carbons (Fsp3) is 0.556. The third-order valence-corrected chi connectivity index (χ3v) is 5.45. The van der Waals surface area contributed by atoms with E-state index in [-0.39, 0.29) is 18.6 Å². The SMILES string of the molecule is CSCCC(NC(=O)C(CC(N)=O)NC(=O)C(N)CS)C(=O)NC(Cc1cnc[nH]1)C(=O)O. The van der Waals surface area contributed by atoms with Crippen molar-refractivity contribution in [2.45, 2.75) is 43.4 Å². The van der Waals surface area contributed by atoms with E-state index in [9.17, 15) is 29.1 Å². The van der Waals surface area contributed by atoms with Gasteiger partial charge in [0.15, 0.2) is 0 Å². The van der Waals surface area contributed by atoms with E-state index >= 15 is 0 Å². The van der Waals surface area contributed by atoms with Gasteiger partial charge in [0, 0.05) is 24.1 Å². The molecule has 1 aromatic heterocycles. The Morgan fingerprint density at radius 2 is 1.73 bits per heavy atom. The van der Waals surface area contributed by atoms with E-state index in [4.69, 9.17) is 11.5 Å². The Morgan fingerprint density at radius 3 is 2.24 bits per heavy atom. The van der Waals surface area contributed by atoms with Crippen molar-refractivity contribution < 1.29 is 29.1 Å². The number of thioether (sulfide) groups is 1. The Bertz CT molecular complexity index is 823. The Balaban J connectivity index is 2.95. The monoisotopic (exact) mass is 503 g/mol. The highest BCUT2D eigenvalue weighted by Gasteiger charge is 2.31. The molecule has 0 radical (unpaired) electrons. The highest BCUT2D eigenvalue weighted by atomic mass is 32.2. The Kier molecular flexibility index (Phi) is 12.3. The summed E-state index contributed by atoms with van der Waals surface area (Å²) in [4.78, 5) is 67.2. The number of nitrogens with two attached hydrogens (primary N) is 2. The summed E-state index contributed by atoms with van der Waals surface area (Å²) in [6.07, 6.45) is 4.20. The van der Waals surface area contributed by atoms with Gasteiger partial charge in [-0.15, -0.1) is 0 Å². The number of imidazole rings is 1. The van der Waals surface area contributed by atoms with Crippen LogP contribution in [0, 0.1) is 0 Å². The number of carbonyl (C=O) groups is 5. The third-order valence-electron chi connectivity index (χ3n) is 4.41. The summed E-state index contributed by atoms with van der Waals surface area (Å²) in [5, 5.41) is 16.6. The van der Waals surface area contributed by atoms with Gasteiger partial charge in [-0.05, 0) is 18.4 Å². The van der Waals surface area contributed by atoms with Gasteiger partial charge in [-0.3, -0.25) is 19.2 Å². The maximum absolute atomic E-state index is 12.8. The first-order valence-corrected chi connectivity index (χ1v) is 11.9. The number of H-pyrrole nitrogens is 1. The molecule has 0 aliphatic rings.